The molecule has 0 N–H and O–H groups in total. The molecule has 14 heavy (non-hydrogen) atoms. The normalized spacial score (nSPS) is 11.0. The largest absolute Gasteiger partial charge is 0.330 e. The SMILES string of the molecule is CC(C)c1c(Cl)c(=O)n(C)c(=O)n1C. The summed E-state index contributed by atoms with van der Waals surface area (Å²) in [7, 11) is 3.03. The first-order valence-corrected chi connectivity index (χ1v) is 4.71. The fourth-order valence-corrected chi connectivity index (χ4v) is 1.93. The summed E-state index contributed by atoms with van der Waals surface area (Å²) in [6.07, 6.45) is 0. The molecule has 0 radical (unpaired) electrons. The van der Waals surface area contributed by atoms with Crippen LogP contribution in [0.5, 0.6) is 0 Å². The van der Waals surface area contributed by atoms with Crippen molar-refractivity contribution in [3.8, 4) is 0 Å². The Morgan fingerprint density at radius 3 is 2.07 bits per heavy atom. The van der Waals surface area contributed by atoms with Crippen molar-refractivity contribution in [2.24, 2.45) is 14.1 Å². The Hall–Kier alpha value is -1.03. The molecule has 0 spiro atoms. The van der Waals surface area contributed by atoms with Gasteiger partial charge in [0.25, 0.3) is 5.56 Å². The number of rotatable bonds is 1. The number of hydrogen-bond donors (Lipinski definition) is 0. The highest BCUT2D eigenvalue weighted by molar-refractivity contribution is 6.31. The van der Waals surface area contributed by atoms with Gasteiger partial charge in [0.1, 0.15) is 5.02 Å². The fraction of sp³-hybridized carbons (Fsp3) is 0.556. The molecule has 0 aromatic carbocycles. The highest BCUT2D eigenvalue weighted by Crippen LogP contribution is 2.18. The van der Waals surface area contributed by atoms with Crippen LogP contribution in [-0.2, 0) is 14.1 Å². The number of aromatic nitrogens is 2. The summed E-state index contributed by atoms with van der Waals surface area (Å²) < 4.78 is 2.42. The van der Waals surface area contributed by atoms with Crippen molar-refractivity contribution in [3.05, 3.63) is 31.6 Å². The van der Waals surface area contributed by atoms with Gasteiger partial charge in [-0.25, -0.2) is 4.79 Å². The second kappa shape index (κ2) is 3.61. The first-order chi connectivity index (χ1) is 6.37. The Kier molecular flexibility index (Phi) is 2.85. The fourth-order valence-electron chi connectivity index (χ4n) is 1.46. The molecule has 0 unspecified atom stereocenters. The van der Waals surface area contributed by atoms with E-state index < -0.39 is 5.56 Å². The van der Waals surface area contributed by atoms with Gasteiger partial charge in [-0.3, -0.25) is 13.9 Å². The summed E-state index contributed by atoms with van der Waals surface area (Å²) in [6.45, 7) is 3.78. The smallest absolute Gasteiger partial charge is 0.299 e. The van der Waals surface area contributed by atoms with Crippen LogP contribution in [0.15, 0.2) is 9.59 Å². The minimum atomic E-state index is -0.432. The first kappa shape index (κ1) is 11.0. The lowest BCUT2D eigenvalue weighted by molar-refractivity contribution is 0.624. The average Bonchev–Trinajstić information content (AvgIpc) is 2.11. The van der Waals surface area contributed by atoms with Crippen LogP contribution in [0.4, 0.5) is 0 Å². The van der Waals surface area contributed by atoms with Crippen molar-refractivity contribution in [3.63, 3.8) is 0 Å². The predicted molar refractivity (Wildman–Crippen MR) is 56.0 cm³/mol. The molecular formula is C9H13ClN2O2. The van der Waals surface area contributed by atoms with E-state index >= 15 is 0 Å². The third-order valence-electron chi connectivity index (χ3n) is 2.20. The molecule has 0 atom stereocenters. The van der Waals surface area contributed by atoms with Crippen LogP contribution in [0.3, 0.4) is 0 Å². The maximum absolute atomic E-state index is 11.5. The molecule has 0 aliphatic rings. The predicted octanol–water partition coefficient (Wildman–Crippen LogP) is 0.861. The van der Waals surface area contributed by atoms with Crippen molar-refractivity contribution >= 4 is 11.6 Å². The molecule has 5 heteroatoms. The minimum absolute atomic E-state index is 0.0501. The molecule has 0 bridgehead atoms. The van der Waals surface area contributed by atoms with Gasteiger partial charge in [-0.15, -0.1) is 0 Å². The standard InChI is InChI=1S/C9H13ClN2O2/c1-5(2)7-6(10)8(13)12(4)9(14)11(7)3/h5H,1-4H3. The zero-order valence-corrected chi connectivity index (χ0v) is 9.42. The van der Waals surface area contributed by atoms with E-state index in [1.807, 2.05) is 13.8 Å². The highest BCUT2D eigenvalue weighted by atomic mass is 35.5. The minimum Gasteiger partial charge on any atom is -0.299 e. The van der Waals surface area contributed by atoms with E-state index in [4.69, 9.17) is 11.6 Å². The first-order valence-electron chi connectivity index (χ1n) is 4.33. The Balaban J connectivity index is 3.78. The Labute approximate surface area is 86.7 Å². The molecule has 0 aliphatic heterocycles. The molecule has 0 amide bonds. The molecule has 0 saturated carbocycles. The van der Waals surface area contributed by atoms with Crippen molar-refractivity contribution in [2.75, 3.05) is 0 Å². The third kappa shape index (κ3) is 1.50. The Bertz CT molecular complexity index is 434. The lowest BCUT2D eigenvalue weighted by atomic mass is 10.1. The molecule has 4 nitrogen and oxygen atoms in total. The van der Waals surface area contributed by atoms with Gasteiger partial charge >= 0.3 is 5.69 Å². The van der Waals surface area contributed by atoms with Crippen molar-refractivity contribution in [2.45, 2.75) is 19.8 Å². The van der Waals surface area contributed by atoms with Crippen LogP contribution in [0, 0.1) is 0 Å². The van der Waals surface area contributed by atoms with E-state index in [1.165, 1.54) is 11.6 Å². The van der Waals surface area contributed by atoms with E-state index in [0.717, 1.165) is 4.57 Å². The summed E-state index contributed by atoms with van der Waals surface area (Å²) in [5.41, 5.74) is -0.193. The van der Waals surface area contributed by atoms with Gasteiger partial charge < -0.3 is 0 Å². The van der Waals surface area contributed by atoms with Crippen molar-refractivity contribution < 1.29 is 0 Å². The van der Waals surface area contributed by atoms with Crippen LogP contribution < -0.4 is 11.2 Å². The molecule has 1 rings (SSSR count). The van der Waals surface area contributed by atoms with Crippen molar-refractivity contribution in [1.29, 1.82) is 0 Å². The maximum atomic E-state index is 11.5. The summed E-state index contributed by atoms with van der Waals surface area (Å²) in [5.74, 6) is 0.0501. The summed E-state index contributed by atoms with van der Waals surface area (Å²) in [4.78, 5) is 23.0. The van der Waals surface area contributed by atoms with Gasteiger partial charge in [0.15, 0.2) is 0 Å². The van der Waals surface area contributed by atoms with Gasteiger partial charge in [-0.2, -0.15) is 0 Å². The summed E-state index contributed by atoms with van der Waals surface area (Å²) in [6, 6.07) is 0. The van der Waals surface area contributed by atoms with E-state index in [2.05, 4.69) is 0 Å². The molecule has 0 fully saturated rings. The van der Waals surface area contributed by atoms with Gasteiger partial charge in [-0.05, 0) is 5.92 Å². The van der Waals surface area contributed by atoms with E-state index in [-0.39, 0.29) is 16.6 Å². The van der Waals surface area contributed by atoms with Crippen LogP contribution in [0.1, 0.15) is 25.5 Å². The Morgan fingerprint density at radius 2 is 1.64 bits per heavy atom. The third-order valence-corrected chi connectivity index (χ3v) is 2.55. The number of nitrogens with zero attached hydrogens (tertiary/aromatic N) is 2. The average molecular weight is 217 g/mol. The second-order valence-corrected chi connectivity index (χ2v) is 3.94. The Morgan fingerprint density at radius 1 is 1.14 bits per heavy atom. The van der Waals surface area contributed by atoms with Crippen LogP contribution in [0.2, 0.25) is 5.02 Å². The zero-order chi connectivity index (χ0) is 11.0. The van der Waals surface area contributed by atoms with Crippen LogP contribution >= 0.6 is 11.6 Å². The quantitative estimate of drug-likeness (QED) is 0.699. The molecule has 1 aromatic rings. The summed E-state index contributed by atoms with van der Waals surface area (Å²) >= 11 is 5.88. The molecule has 1 heterocycles. The molecule has 0 aliphatic carbocycles. The van der Waals surface area contributed by atoms with Gasteiger partial charge in [0, 0.05) is 19.8 Å². The topological polar surface area (TPSA) is 44.0 Å². The van der Waals surface area contributed by atoms with Gasteiger partial charge in [0.05, 0.1) is 0 Å². The molecule has 0 saturated heterocycles. The molecular weight excluding hydrogens is 204 g/mol. The van der Waals surface area contributed by atoms with Gasteiger partial charge in [0.2, 0.25) is 0 Å². The highest BCUT2D eigenvalue weighted by Gasteiger charge is 2.15. The van der Waals surface area contributed by atoms with Gasteiger partial charge in [-0.1, -0.05) is 25.4 Å². The zero-order valence-electron chi connectivity index (χ0n) is 8.67. The molecule has 1 aromatic heterocycles. The number of hydrogen-bond acceptors (Lipinski definition) is 2. The van der Waals surface area contributed by atoms with Crippen molar-refractivity contribution in [1.82, 2.24) is 9.13 Å². The lowest BCUT2D eigenvalue weighted by Crippen LogP contribution is -2.39. The second-order valence-electron chi connectivity index (χ2n) is 3.56. The van der Waals surface area contributed by atoms with Crippen LogP contribution in [-0.4, -0.2) is 9.13 Å². The lowest BCUT2D eigenvalue weighted by Gasteiger charge is -2.14. The summed E-state index contributed by atoms with van der Waals surface area (Å²) in [5, 5.41) is 0.129. The van der Waals surface area contributed by atoms with E-state index in [1.54, 1.807) is 7.05 Å². The monoisotopic (exact) mass is 216 g/mol. The number of halogens is 1. The van der Waals surface area contributed by atoms with Crippen LogP contribution in [0.25, 0.3) is 0 Å². The van der Waals surface area contributed by atoms with E-state index in [9.17, 15) is 9.59 Å². The van der Waals surface area contributed by atoms with E-state index in [0.29, 0.717) is 5.69 Å². The molecule has 78 valence electrons. The maximum Gasteiger partial charge on any atom is 0.330 e.